The molecule has 0 radical (unpaired) electrons. The summed E-state index contributed by atoms with van der Waals surface area (Å²) in [6.45, 7) is 7.93. The van der Waals surface area contributed by atoms with Crippen molar-refractivity contribution in [2.75, 3.05) is 13.1 Å². The molecule has 0 unspecified atom stereocenters. The van der Waals surface area contributed by atoms with Crippen LogP contribution >= 0.6 is 0 Å². The Bertz CT molecular complexity index is 456. The van der Waals surface area contributed by atoms with Crippen LogP contribution in [-0.2, 0) is 6.54 Å². The van der Waals surface area contributed by atoms with Gasteiger partial charge in [-0.3, -0.25) is 0 Å². The summed E-state index contributed by atoms with van der Waals surface area (Å²) >= 11 is 0. The summed E-state index contributed by atoms with van der Waals surface area (Å²) < 4.78 is 5.29. The topological polar surface area (TPSA) is 71.3 Å². The first kappa shape index (κ1) is 15.8. The van der Waals surface area contributed by atoms with Crippen molar-refractivity contribution < 1.29 is 9.32 Å². The van der Waals surface area contributed by atoms with E-state index in [9.17, 15) is 4.79 Å². The Morgan fingerprint density at radius 2 is 2.24 bits per heavy atom. The van der Waals surface area contributed by atoms with Crippen LogP contribution in [0.5, 0.6) is 0 Å². The normalized spacial score (nSPS) is 16.3. The number of carbonyl (C=O) groups is 1. The van der Waals surface area contributed by atoms with E-state index in [1.807, 2.05) is 6.92 Å². The zero-order valence-corrected chi connectivity index (χ0v) is 13.3. The zero-order valence-electron chi connectivity index (χ0n) is 13.3. The number of urea groups is 1. The van der Waals surface area contributed by atoms with Crippen molar-refractivity contribution in [2.24, 2.45) is 5.92 Å². The summed E-state index contributed by atoms with van der Waals surface area (Å²) in [5, 5.41) is 6.95. The van der Waals surface area contributed by atoms with Crippen LogP contribution in [0.4, 0.5) is 4.79 Å². The molecule has 2 amide bonds. The number of rotatable bonds is 7. The first-order valence-electron chi connectivity index (χ1n) is 7.99. The molecule has 1 aliphatic rings. The summed E-state index contributed by atoms with van der Waals surface area (Å²) in [6, 6.07) is -0.0622. The number of amides is 2. The number of nitrogens with one attached hydrogen (secondary N) is 1. The van der Waals surface area contributed by atoms with Gasteiger partial charge in [0.05, 0.1) is 6.54 Å². The molecule has 0 saturated heterocycles. The molecule has 1 atom stereocenters. The second-order valence-corrected chi connectivity index (χ2v) is 5.89. The number of hydrogen-bond acceptors (Lipinski definition) is 4. The molecule has 1 saturated carbocycles. The molecule has 1 N–H and O–H groups in total. The first-order valence-corrected chi connectivity index (χ1v) is 7.99. The van der Waals surface area contributed by atoms with Gasteiger partial charge in [0.1, 0.15) is 0 Å². The average Bonchev–Trinajstić information content (AvgIpc) is 2.87. The highest BCUT2D eigenvalue weighted by molar-refractivity contribution is 5.74. The van der Waals surface area contributed by atoms with E-state index >= 15 is 0 Å². The Hall–Kier alpha value is -1.59. The average molecular weight is 294 g/mol. The SMILES string of the molecule is CC[C@H](C)CNC(=O)N(CC)Cc1noc(C2CCC2)n1. The van der Waals surface area contributed by atoms with Gasteiger partial charge >= 0.3 is 6.03 Å². The van der Waals surface area contributed by atoms with E-state index in [1.165, 1.54) is 6.42 Å². The van der Waals surface area contributed by atoms with Gasteiger partial charge < -0.3 is 14.7 Å². The van der Waals surface area contributed by atoms with E-state index in [4.69, 9.17) is 4.52 Å². The van der Waals surface area contributed by atoms with Crippen molar-refractivity contribution in [3.8, 4) is 0 Å². The summed E-state index contributed by atoms with van der Waals surface area (Å²) in [5.74, 6) is 2.24. The lowest BCUT2D eigenvalue weighted by atomic mass is 9.85. The maximum absolute atomic E-state index is 12.1. The smallest absolute Gasteiger partial charge is 0.317 e. The molecule has 0 aromatic carbocycles. The Labute approximate surface area is 126 Å². The molecule has 6 heteroatoms. The molecule has 118 valence electrons. The van der Waals surface area contributed by atoms with Gasteiger partial charge in [-0.15, -0.1) is 0 Å². The maximum Gasteiger partial charge on any atom is 0.317 e. The predicted octanol–water partition coefficient (Wildman–Crippen LogP) is 2.91. The third-order valence-electron chi connectivity index (χ3n) is 4.24. The number of nitrogens with zero attached hydrogens (tertiary/aromatic N) is 3. The van der Waals surface area contributed by atoms with Crippen LogP contribution in [0.2, 0.25) is 0 Å². The van der Waals surface area contributed by atoms with Gasteiger partial charge in [0.25, 0.3) is 0 Å². The highest BCUT2D eigenvalue weighted by atomic mass is 16.5. The van der Waals surface area contributed by atoms with E-state index in [1.54, 1.807) is 4.90 Å². The van der Waals surface area contributed by atoms with E-state index in [0.717, 1.165) is 25.2 Å². The molecule has 0 spiro atoms. The fourth-order valence-corrected chi connectivity index (χ4v) is 2.17. The van der Waals surface area contributed by atoms with Crippen molar-refractivity contribution in [3.63, 3.8) is 0 Å². The van der Waals surface area contributed by atoms with Crippen LogP contribution < -0.4 is 5.32 Å². The minimum absolute atomic E-state index is 0.0622. The molecule has 1 aliphatic carbocycles. The lowest BCUT2D eigenvalue weighted by Gasteiger charge is -2.21. The molecule has 1 aromatic heterocycles. The third kappa shape index (κ3) is 4.19. The molecule has 2 rings (SSSR count). The molecule has 6 nitrogen and oxygen atoms in total. The van der Waals surface area contributed by atoms with Crippen LogP contribution in [0.15, 0.2) is 4.52 Å². The van der Waals surface area contributed by atoms with Gasteiger partial charge in [-0.1, -0.05) is 31.8 Å². The molecular formula is C15H26N4O2. The summed E-state index contributed by atoms with van der Waals surface area (Å²) in [4.78, 5) is 18.3. The zero-order chi connectivity index (χ0) is 15.2. The van der Waals surface area contributed by atoms with Crippen molar-refractivity contribution in [1.82, 2.24) is 20.4 Å². The number of aromatic nitrogens is 2. The van der Waals surface area contributed by atoms with E-state index in [-0.39, 0.29) is 6.03 Å². The van der Waals surface area contributed by atoms with E-state index < -0.39 is 0 Å². The number of hydrogen-bond donors (Lipinski definition) is 1. The van der Waals surface area contributed by atoms with Crippen LogP contribution in [0.3, 0.4) is 0 Å². The Morgan fingerprint density at radius 1 is 1.48 bits per heavy atom. The van der Waals surface area contributed by atoms with Crippen LogP contribution in [0, 0.1) is 5.92 Å². The fraction of sp³-hybridized carbons (Fsp3) is 0.800. The second kappa shape index (κ2) is 7.43. The van der Waals surface area contributed by atoms with Gasteiger partial charge in [-0.05, 0) is 25.7 Å². The van der Waals surface area contributed by atoms with Crippen molar-refractivity contribution in [3.05, 3.63) is 11.7 Å². The molecule has 0 bridgehead atoms. The summed E-state index contributed by atoms with van der Waals surface area (Å²) in [6.07, 6.45) is 4.56. The maximum atomic E-state index is 12.1. The summed E-state index contributed by atoms with van der Waals surface area (Å²) in [5.41, 5.74) is 0. The molecule has 1 aromatic rings. The van der Waals surface area contributed by atoms with E-state index in [0.29, 0.717) is 37.3 Å². The van der Waals surface area contributed by atoms with Gasteiger partial charge in [0, 0.05) is 19.0 Å². The Balaban J connectivity index is 1.85. The lowest BCUT2D eigenvalue weighted by molar-refractivity contribution is 0.194. The van der Waals surface area contributed by atoms with Crippen LogP contribution in [-0.4, -0.2) is 34.2 Å². The summed E-state index contributed by atoms with van der Waals surface area (Å²) in [7, 11) is 0. The van der Waals surface area contributed by atoms with Crippen molar-refractivity contribution in [2.45, 2.75) is 58.9 Å². The van der Waals surface area contributed by atoms with Gasteiger partial charge in [-0.2, -0.15) is 4.98 Å². The standard InChI is InChI=1S/C15H26N4O2/c1-4-11(3)9-16-15(20)19(5-2)10-13-17-14(21-18-13)12-7-6-8-12/h11-12H,4-10H2,1-3H3,(H,16,20)/t11-/m0/s1. The van der Waals surface area contributed by atoms with Gasteiger partial charge in [0.2, 0.25) is 5.89 Å². The quantitative estimate of drug-likeness (QED) is 0.839. The van der Waals surface area contributed by atoms with Crippen LogP contribution in [0.25, 0.3) is 0 Å². The first-order chi connectivity index (χ1) is 10.1. The highest BCUT2D eigenvalue weighted by Gasteiger charge is 2.26. The predicted molar refractivity (Wildman–Crippen MR) is 79.8 cm³/mol. The van der Waals surface area contributed by atoms with E-state index in [2.05, 4.69) is 29.3 Å². The molecule has 21 heavy (non-hydrogen) atoms. The Morgan fingerprint density at radius 3 is 2.81 bits per heavy atom. The molecule has 1 fully saturated rings. The van der Waals surface area contributed by atoms with Gasteiger partial charge in [-0.25, -0.2) is 4.79 Å². The monoisotopic (exact) mass is 294 g/mol. The van der Waals surface area contributed by atoms with Crippen molar-refractivity contribution >= 4 is 6.03 Å². The molecule has 1 heterocycles. The largest absolute Gasteiger partial charge is 0.339 e. The van der Waals surface area contributed by atoms with Crippen molar-refractivity contribution in [1.29, 1.82) is 0 Å². The fourth-order valence-electron chi connectivity index (χ4n) is 2.17. The third-order valence-corrected chi connectivity index (χ3v) is 4.24. The molecular weight excluding hydrogens is 268 g/mol. The second-order valence-electron chi connectivity index (χ2n) is 5.89. The highest BCUT2D eigenvalue weighted by Crippen LogP contribution is 2.35. The Kier molecular flexibility index (Phi) is 5.59. The minimum atomic E-state index is -0.0622. The molecule has 0 aliphatic heterocycles. The van der Waals surface area contributed by atoms with Gasteiger partial charge in [0.15, 0.2) is 5.82 Å². The van der Waals surface area contributed by atoms with Crippen LogP contribution in [0.1, 0.15) is 64.1 Å². The number of carbonyl (C=O) groups excluding carboxylic acids is 1. The lowest BCUT2D eigenvalue weighted by Crippen LogP contribution is -2.41. The minimum Gasteiger partial charge on any atom is -0.339 e.